The van der Waals surface area contributed by atoms with E-state index in [1.54, 1.807) is 6.92 Å². The Hall–Kier alpha value is -1.63. The van der Waals surface area contributed by atoms with Gasteiger partial charge >= 0.3 is 0 Å². The van der Waals surface area contributed by atoms with Crippen molar-refractivity contribution >= 4 is 29.9 Å². The normalized spacial score (nSPS) is 18.9. The molecule has 7 heteroatoms. The summed E-state index contributed by atoms with van der Waals surface area (Å²) in [6.45, 7) is 7.80. The van der Waals surface area contributed by atoms with Crippen LogP contribution in [0, 0.1) is 5.92 Å². The Kier molecular flexibility index (Phi) is 7.87. The molecule has 0 radical (unpaired) electrons. The third kappa shape index (κ3) is 5.69. The Bertz CT molecular complexity index is 594. The molecule has 0 spiro atoms. The first-order chi connectivity index (χ1) is 12.1. The number of amides is 2. The monoisotopic (exact) mass is 380 g/mol. The number of carbonyl (C=O) groups excluding carboxylic acids is 2. The minimum Gasteiger partial charge on any atom is -0.340 e. The van der Waals surface area contributed by atoms with E-state index in [1.165, 1.54) is 5.56 Å². The van der Waals surface area contributed by atoms with E-state index in [4.69, 9.17) is 0 Å². The molecule has 0 bridgehead atoms. The maximum atomic E-state index is 12.3. The molecular formula is C19H29ClN4O2. The first-order valence-electron chi connectivity index (χ1n) is 9.20. The second-order valence-electron chi connectivity index (χ2n) is 6.99. The summed E-state index contributed by atoms with van der Waals surface area (Å²) < 4.78 is 0. The number of anilines is 1. The van der Waals surface area contributed by atoms with Crippen molar-refractivity contribution in [1.82, 2.24) is 15.1 Å². The van der Waals surface area contributed by atoms with E-state index >= 15 is 0 Å². The van der Waals surface area contributed by atoms with Crippen LogP contribution in [0.1, 0.15) is 25.3 Å². The molecule has 0 aromatic heterocycles. The summed E-state index contributed by atoms with van der Waals surface area (Å²) in [5.74, 6) is 0.418. The van der Waals surface area contributed by atoms with Gasteiger partial charge in [-0.05, 0) is 43.6 Å². The van der Waals surface area contributed by atoms with Gasteiger partial charge in [-0.25, -0.2) is 0 Å². The van der Waals surface area contributed by atoms with Crippen molar-refractivity contribution in [3.8, 4) is 0 Å². The molecule has 2 saturated heterocycles. The minimum absolute atomic E-state index is 0. The molecule has 2 fully saturated rings. The average Bonchev–Trinajstić information content (AvgIpc) is 2.64. The third-order valence-corrected chi connectivity index (χ3v) is 5.16. The van der Waals surface area contributed by atoms with Crippen LogP contribution in [0.4, 0.5) is 5.69 Å². The van der Waals surface area contributed by atoms with Gasteiger partial charge in [-0.2, -0.15) is 0 Å². The molecule has 2 aliphatic heterocycles. The molecule has 6 nitrogen and oxygen atoms in total. The molecule has 144 valence electrons. The number of hydrogen-bond acceptors (Lipinski definition) is 4. The van der Waals surface area contributed by atoms with Gasteiger partial charge in [-0.3, -0.25) is 14.5 Å². The number of piperidine rings is 1. The van der Waals surface area contributed by atoms with E-state index in [-0.39, 0.29) is 30.1 Å². The lowest BCUT2D eigenvalue weighted by Gasteiger charge is -2.34. The second-order valence-corrected chi connectivity index (χ2v) is 6.99. The molecule has 2 N–H and O–H groups in total. The molecule has 3 rings (SSSR count). The first-order valence-corrected chi connectivity index (χ1v) is 9.20. The highest BCUT2D eigenvalue weighted by atomic mass is 35.5. The lowest BCUT2D eigenvalue weighted by Crippen LogP contribution is -2.47. The van der Waals surface area contributed by atoms with Crippen molar-refractivity contribution < 1.29 is 9.59 Å². The topological polar surface area (TPSA) is 64.7 Å². The van der Waals surface area contributed by atoms with E-state index in [9.17, 15) is 9.59 Å². The zero-order chi connectivity index (χ0) is 17.6. The van der Waals surface area contributed by atoms with Crippen LogP contribution in [0.3, 0.4) is 0 Å². The second kappa shape index (κ2) is 9.90. The molecular weight excluding hydrogens is 352 g/mol. The standard InChI is InChI=1S/C19H28N4O2.ClH/c1-15(24)23-12-10-22(11-13-23)14-16-2-4-18(5-3-16)21-19(25)17-6-8-20-9-7-17;/h2-5,17,20H,6-14H2,1H3,(H,21,25);1H. The predicted octanol–water partition coefficient (Wildman–Crippen LogP) is 1.71. The molecule has 1 aromatic rings. The fourth-order valence-electron chi connectivity index (χ4n) is 3.50. The fourth-order valence-corrected chi connectivity index (χ4v) is 3.50. The maximum absolute atomic E-state index is 12.3. The molecule has 2 amide bonds. The number of rotatable bonds is 4. The Morgan fingerprint density at radius 1 is 1.08 bits per heavy atom. The van der Waals surface area contributed by atoms with Crippen LogP contribution in [0.2, 0.25) is 0 Å². The van der Waals surface area contributed by atoms with E-state index < -0.39 is 0 Å². The highest BCUT2D eigenvalue weighted by Gasteiger charge is 2.21. The van der Waals surface area contributed by atoms with Crippen molar-refractivity contribution in [1.29, 1.82) is 0 Å². The van der Waals surface area contributed by atoms with Gasteiger partial charge in [0.05, 0.1) is 0 Å². The van der Waals surface area contributed by atoms with Crippen molar-refractivity contribution in [3.63, 3.8) is 0 Å². The summed E-state index contributed by atoms with van der Waals surface area (Å²) in [4.78, 5) is 27.9. The van der Waals surface area contributed by atoms with Crippen LogP contribution in [-0.4, -0.2) is 60.9 Å². The van der Waals surface area contributed by atoms with Gasteiger partial charge < -0.3 is 15.5 Å². The molecule has 0 atom stereocenters. The number of hydrogen-bond donors (Lipinski definition) is 2. The van der Waals surface area contributed by atoms with Crippen molar-refractivity contribution in [2.24, 2.45) is 5.92 Å². The summed E-state index contributed by atoms with van der Waals surface area (Å²) in [6, 6.07) is 8.13. The van der Waals surface area contributed by atoms with Crippen LogP contribution >= 0.6 is 12.4 Å². The number of carbonyl (C=O) groups is 2. The Balaban J connectivity index is 0.00000243. The number of nitrogens with one attached hydrogen (secondary N) is 2. The third-order valence-electron chi connectivity index (χ3n) is 5.16. The Morgan fingerprint density at radius 2 is 1.69 bits per heavy atom. The van der Waals surface area contributed by atoms with Gasteiger partial charge in [0.15, 0.2) is 0 Å². The molecule has 0 aliphatic carbocycles. The van der Waals surface area contributed by atoms with Gasteiger partial charge in [-0.15, -0.1) is 12.4 Å². The molecule has 0 saturated carbocycles. The average molecular weight is 381 g/mol. The predicted molar refractivity (Wildman–Crippen MR) is 105 cm³/mol. The summed E-state index contributed by atoms with van der Waals surface area (Å²) in [7, 11) is 0. The fraction of sp³-hybridized carbons (Fsp3) is 0.579. The number of nitrogens with zero attached hydrogens (tertiary/aromatic N) is 2. The maximum Gasteiger partial charge on any atom is 0.227 e. The summed E-state index contributed by atoms with van der Waals surface area (Å²) in [6.07, 6.45) is 1.83. The highest BCUT2D eigenvalue weighted by Crippen LogP contribution is 2.17. The minimum atomic E-state index is 0. The van der Waals surface area contributed by atoms with E-state index in [0.29, 0.717) is 0 Å². The number of piperazine rings is 1. The molecule has 2 heterocycles. The molecule has 26 heavy (non-hydrogen) atoms. The highest BCUT2D eigenvalue weighted by molar-refractivity contribution is 5.92. The van der Waals surface area contributed by atoms with Crippen LogP contribution < -0.4 is 10.6 Å². The lowest BCUT2D eigenvalue weighted by atomic mass is 9.97. The van der Waals surface area contributed by atoms with Crippen molar-refractivity contribution in [2.75, 3.05) is 44.6 Å². The van der Waals surface area contributed by atoms with Crippen LogP contribution in [-0.2, 0) is 16.1 Å². The van der Waals surface area contributed by atoms with E-state index in [1.807, 2.05) is 17.0 Å². The first kappa shape index (κ1) is 20.7. The Morgan fingerprint density at radius 3 is 2.27 bits per heavy atom. The zero-order valence-corrected chi connectivity index (χ0v) is 16.2. The molecule has 2 aliphatic rings. The van der Waals surface area contributed by atoms with Crippen LogP contribution in [0.25, 0.3) is 0 Å². The van der Waals surface area contributed by atoms with Gasteiger partial charge in [0.1, 0.15) is 0 Å². The molecule has 1 aromatic carbocycles. The largest absolute Gasteiger partial charge is 0.340 e. The van der Waals surface area contributed by atoms with Gasteiger partial charge in [-0.1, -0.05) is 12.1 Å². The van der Waals surface area contributed by atoms with E-state index in [2.05, 4.69) is 27.7 Å². The smallest absolute Gasteiger partial charge is 0.227 e. The quantitative estimate of drug-likeness (QED) is 0.834. The van der Waals surface area contributed by atoms with Crippen molar-refractivity contribution in [2.45, 2.75) is 26.3 Å². The lowest BCUT2D eigenvalue weighted by molar-refractivity contribution is -0.130. The van der Waals surface area contributed by atoms with Gasteiger partial charge in [0, 0.05) is 51.3 Å². The number of benzene rings is 1. The molecule has 0 unspecified atom stereocenters. The summed E-state index contributed by atoms with van der Waals surface area (Å²) >= 11 is 0. The zero-order valence-electron chi connectivity index (χ0n) is 15.4. The Labute approximate surface area is 161 Å². The summed E-state index contributed by atoms with van der Waals surface area (Å²) in [5.41, 5.74) is 2.10. The SMILES string of the molecule is CC(=O)N1CCN(Cc2ccc(NC(=O)C3CCNCC3)cc2)CC1.Cl. The van der Waals surface area contributed by atoms with Gasteiger partial charge in [0.2, 0.25) is 11.8 Å². The van der Waals surface area contributed by atoms with Gasteiger partial charge in [0.25, 0.3) is 0 Å². The summed E-state index contributed by atoms with van der Waals surface area (Å²) in [5, 5.41) is 6.32. The van der Waals surface area contributed by atoms with Crippen molar-refractivity contribution in [3.05, 3.63) is 29.8 Å². The van der Waals surface area contributed by atoms with E-state index in [0.717, 1.165) is 64.3 Å². The van der Waals surface area contributed by atoms with Crippen LogP contribution in [0.5, 0.6) is 0 Å². The number of halogens is 1. The van der Waals surface area contributed by atoms with Crippen LogP contribution in [0.15, 0.2) is 24.3 Å².